The fourth-order valence-electron chi connectivity index (χ4n) is 2.45. The van der Waals surface area contributed by atoms with E-state index in [4.69, 9.17) is 4.42 Å². The molecule has 1 N–H and O–H groups in total. The number of hydrogen-bond donors (Lipinski definition) is 1. The van der Waals surface area contributed by atoms with Gasteiger partial charge in [-0.05, 0) is 43.9 Å². The molecule has 20 heavy (non-hydrogen) atoms. The predicted octanol–water partition coefficient (Wildman–Crippen LogP) is 2.85. The van der Waals surface area contributed by atoms with Crippen molar-refractivity contribution >= 4 is 22.7 Å². The second-order valence-corrected chi connectivity index (χ2v) is 5.43. The third-order valence-electron chi connectivity index (χ3n) is 4.07. The zero-order chi connectivity index (χ0) is 14.3. The molecule has 3 rings (SSSR count). The van der Waals surface area contributed by atoms with Gasteiger partial charge < -0.3 is 9.73 Å². The van der Waals surface area contributed by atoms with Crippen LogP contribution in [0.3, 0.4) is 0 Å². The number of furan rings is 1. The average Bonchev–Trinajstić information content (AvgIpc) is 3.10. The zero-order valence-electron chi connectivity index (χ0n) is 11.7. The minimum Gasteiger partial charge on any atom is -0.463 e. The molecule has 1 aromatic carbocycles. The lowest BCUT2D eigenvalue weighted by molar-refractivity contribution is -0.119. The van der Waals surface area contributed by atoms with Gasteiger partial charge in [0.25, 0.3) is 5.91 Å². The van der Waals surface area contributed by atoms with Crippen molar-refractivity contribution in [1.29, 1.82) is 0 Å². The van der Waals surface area contributed by atoms with E-state index >= 15 is 0 Å². The number of fused-ring (bicyclic) bond motifs is 1. The van der Waals surface area contributed by atoms with Crippen molar-refractivity contribution in [2.24, 2.45) is 0 Å². The van der Waals surface area contributed by atoms with E-state index in [1.807, 2.05) is 18.2 Å². The number of benzene rings is 1. The summed E-state index contributed by atoms with van der Waals surface area (Å²) in [5.74, 6) is -0.211. The summed E-state index contributed by atoms with van der Waals surface area (Å²) in [7, 11) is 0. The Kier molecular flexibility index (Phi) is 2.89. The molecule has 4 heteroatoms. The summed E-state index contributed by atoms with van der Waals surface area (Å²) in [4.78, 5) is 23.9. The number of hydrogen-bond acceptors (Lipinski definition) is 3. The first kappa shape index (κ1) is 12.9. The Morgan fingerprint density at radius 2 is 2.10 bits per heavy atom. The third kappa shape index (κ3) is 2.01. The lowest BCUT2D eigenvalue weighted by atomic mass is 10.1. The maximum atomic E-state index is 12.4. The van der Waals surface area contributed by atoms with Gasteiger partial charge in [0.1, 0.15) is 11.8 Å². The van der Waals surface area contributed by atoms with Crippen molar-refractivity contribution in [3.05, 3.63) is 35.6 Å². The van der Waals surface area contributed by atoms with Crippen molar-refractivity contribution in [2.75, 3.05) is 0 Å². The molecule has 1 aromatic heterocycles. The topological polar surface area (TPSA) is 59.3 Å². The van der Waals surface area contributed by atoms with Crippen LogP contribution in [-0.4, -0.2) is 17.2 Å². The highest BCUT2D eigenvalue weighted by molar-refractivity contribution is 6.08. The van der Waals surface area contributed by atoms with E-state index in [1.165, 1.54) is 13.2 Å². The molecule has 1 aliphatic carbocycles. The third-order valence-corrected chi connectivity index (χ3v) is 4.07. The minimum atomic E-state index is -0.636. The fourth-order valence-corrected chi connectivity index (χ4v) is 2.45. The summed E-state index contributed by atoms with van der Waals surface area (Å²) in [6.45, 7) is 3.59. The quantitative estimate of drug-likeness (QED) is 0.930. The Balaban J connectivity index is 1.93. The van der Waals surface area contributed by atoms with E-state index in [1.54, 1.807) is 0 Å². The first-order valence-corrected chi connectivity index (χ1v) is 6.89. The Morgan fingerprint density at radius 1 is 1.35 bits per heavy atom. The van der Waals surface area contributed by atoms with Crippen LogP contribution < -0.4 is 5.32 Å². The van der Waals surface area contributed by atoms with Crippen molar-refractivity contribution in [1.82, 2.24) is 5.32 Å². The Morgan fingerprint density at radius 3 is 2.70 bits per heavy atom. The van der Waals surface area contributed by atoms with Gasteiger partial charge in [0, 0.05) is 5.39 Å². The molecule has 1 aliphatic rings. The van der Waals surface area contributed by atoms with E-state index in [0.717, 1.165) is 30.2 Å². The van der Waals surface area contributed by atoms with Crippen molar-refractivity contribution in [2.45, 2.75) is 38.6 Å². The maximum absolute atomic E-state index is 12.4. The Labute approximate surface area is 117 Å². The molecule has 0 aliphatic heterocycles. The highest BCUT2D eigenvalue weighted by Crippen LogP contribution is 2.37. The summed E-state index contributed by atoms with van der Waals surface area (Å²) >= 11 is 0. The second-order valence-electron chi connectivity index (χ2n) is 5.43. The summed E-state index contributed by atoms with van der Waals surface area (Å²) in [6.07, 6.45) is 3.82. The molecule has 4 nitrogen and oxygen atoms in total. The van der Waals surface area contributed by atoms with Gasteiger partial charge in [-0.2, -0.15) is 0 Å². The molecule has 0 unspecified atom stereocenters. The summed E-state index contributed by atoms with van der Waals surface area (Å²) in [5.41, 5.74) is 1.71. The molecular formula is C16H17NO3. The van der Waals surface area contributed by atoms with Crippen LogP contribution in [0.15, 0.2) is 28.9 Å². The minimum absolute atomic E-state index is 0.0212. The van der Waals surface area contributed by atoms with E-state index in [2.05, 4.69) is 12.2 Å². The smallest absolute Gasteiger partial charge is 0.255 e. The van der Waals surface area contributed by atoms with Crippen molar-refractivity contribution in [3.63, 3.8) is 0 Å². The zero-order valence-corrected chi connectivity index (χ0v) is 11.7. The fraction of sp³-hybridized carbons (Fsp3) is 0.375. The molecule has 1 saturated carbocycles. The molecule has 104 valence electrons. The van der Waals surface area contributed by atoms with Crippen molar-refractivity contribution in [3.8, 4) is 0 Å². The van der Waals surface area contributed by atoms with E-state index in [0.29, 0.717) is 11.1 Å². The van der Waals surface area contributed by atoms with Crippen LogP contribution in [-0.2, 0) is 11.2 Å². The number of rotatable bonds is 4. The standard InChI is InChI=1S/C16H17NO3/c1-3-11-4-5-14-12(8-11)13(9-20-14)15(19)17-16(6-7-16)10(2)18/h4-5,8-9H,3,6-7H2,1-2H3,(H,17,19). The number of carbonyl (C=O) groups excluding carboxylic acids is 2. The number of aryl methyl sites for hydroxylation is 1. The van der Waals surface area contributed by atoms with Gasteiger partial charge in [-0.3, -0.25) is 9.59 Å². The van der Waals surface area contributed by atoms with Crippen LogP contribution in [0, 0.1) is 0 Å². The van der Waals surface area contributed by atoms with Crippen LogP contribution in [0.5, 0.6) is 0 Å². The molecule has 0 atom stereocenters. The molecule has 1 heterocycles. The molecule has 1 fully saturated rings. The van der Waals surface area contributed by atoms with Gasteiger partial charge in [-0.1, -0.05) is 13.0 Å². The van der Waals surface area contributed by atoms with Crippen LogP contribution in [0.2, 0.25) is 0 Å². The first-order chi connectivity index (χ1) is 9.55. The Hall–Kier alpha value is -2.10. The summed E-state index contributed by atoms with van der Waals surface area (Å²) in [5, 5.41) is 3.66. The van der Waals surface area contributed by atoms with E-state index < -0.39 is 5.54 Å². The average molecular weight is 271 g/mol. The predicted molar refractivity (Wildman–Crippen MR) is 75.7 cm³/mol. The lowest BCUT2D eigenvalue weighted by Crippen LogP contribution is -2.41. The van der Waals surface area contributed by atoms with Gasteiger partial charge in [0.2, 0.25) is 0 Å². The van der Waals surface area contributed by atoms with E-state index in [-0.39, 0.29) is 11.7 Å². The molecule has 1 amide bonds. The SMILES string of the molecule is CCc1ccc2occ(C(=O)NC3(C(C)=O)CC3)c2c1. The van der Waals surface area contributed by atoms with Gasteiger partial charge in [-0.25, -0.2) is 0 Å². The lowest BCUT2D eigenvalue weighted by Gasteiger charge is -2.13. The van der Waals surface area contributed by atoms with Gasteiger partial charge in [-0.15, -0.1) is 0 Å². The van der Waals surface area contributed by atoms with Gasteiger partial charge >= 0.3 is 0 Å². The molecule has 0 bridgehead atoms. The highest BCUT2D eigenvalue weighted by Gasteiger charge is 2.48. The Bertz CT molecular complexity index is 695. The first-order valence-electron chi connectivity index (χ1n) is 6.89. The van der Waals surface area contributed by atoms with Gasteiger partial charge in [0.15, 0.2) is 5.78 Å². The molecule has 2 aromatic rings. The maximum Gasteiger partial charge on any atom is 0.255 e. The number of amides is 1. The number of ketones is 1. The molecular weight excluding hydrogens is 254 g/mol. The van der Waals surface area contributed by atoms with Crippen molar-refractivity contribution < 1.29 is 14.0 Å². The molecule has 0 saturated heterocycles. The largest absolute Gasteiger partial charge is 0.463 e. The van der Waals surface area contributed by atoms with Crippen LogP contribution in [0.1, 0.15) is 42.6 Å². The van der Waals surface area contributed by atoms with E-state index in [9.17, 15) is 9.59 Å². The van der Waals surface area contributed by atoms with Crippen LogP contribution in [0.4, 0.5) is 0 Å². The van der Waals surface area contributed by atoms with Crippen LogP contribution >= 0.6 is 0 Å². The molecule has 0 radical (unpaired) electrons. The number of nitrogens with one attached hydrogen (secondary N) is 1. The molecule has 0 spiro atoms. The van der Waals surface area contributed by atoms with Crippen LogP contribution in [0.25, 0.3) is 11.0 Å². The highest BCUT2D eigenvalue weighted by atomic mass is 16.3. The normalized spacial score (nSPS) is 16.1. The monoisotopic (exact) mass is 271 g/mol. The summed E-state index contributed by atoms with van der Waals surface area (Å²) in [6, 6.07) is 5.84. The summed E-state index contributed by atoms with van der Waals surface area (Å²) < 4.78 is 5.42. The second kappa shape index (κ2) is 4.47. The van der Waals surface area contributed by atoms with Gasteiger partial charge in [0.05, 0.1) is 11.1 Å². The number of carbonyl (C=O) groups is 2. The number of Topliss-reactive ketones (excluding diaryl/α,β-unsaturated/α-hetero) is 1.